The van der Waals surface area contributed by atoms with Crippen LogP contribution in [-0.4, -0.2) is 31.9 Å². The zero-order valence-corrected chi connectivity index (χ0v) is 12.5. The average Bonchev–Trinajstić information content (AvgIpc) is 2.62. The molecule has 9 heteroatoms. The predicted octanol–water partition coefficient (Wildman–Crippen LogP) is 1.15. The van der Waals surface area contributed by atoms with Crippen LogP contribution in [0.15, 0.2) is 18.5 Å². The minimum Gasteiger partial charge on any atom is -0.342 e. The fourth-order valence-corrected chi connectivity index (χ4v) is 2.55. The van der Waals surface area contributed by atoms with Crippen molar-refractivity contribution in [1.82, 2.24) is 4.98 Å². The molecule has 0 radical (unpaired) electrons. The Morgan fingerprint density at radius 1 is 1.50 bits per heavy atom. The summed E-state index contributed by atoms with van der Waals surface area (Å²) in [7, 11) is -4.05. The normalized spacial score (nSPS) is 25.8. The van der Waals surface area contributed by atoms with Crippen LogP contribution < -0.4 is 5.14 Å². The third kappa shape index (κ3) is 3.87. The first-order valence-electron chi connectivity index (χ1n) is 5.80. The van der Waals surface area contributed by atoms with Gasteiger partial charge in [-0.3, -0.25) is 9.17 Å². The Morgan fingerprint density at radius 3 is 2.80 bits per heavy atom. The smallest absolute Gasteiger partial charge is 0.333 e. The van der Waals surface area contributed by atoms with Crippen molar-refractivity contribution in [2.45, 2.75) is 31.8 Å². The number of hydrogen-bond acceptors (Lipinski definition) is 6. The molecule has 1 aliphatic heterocycles. The van der Waals surface area contributed by atoms with Crippen LogP contribution in [0.1, 0.15) is 25.5 Å². The lowest BCUT2D eigenvalue weighted by atomic mass is 10.1. The van der Waals surface area contributed by atoms with Gasteiger partial charge in [0.1, 0.15) is 12.2 Å². The Bertz CT molecular complexity index is 592. The molecule has 1 aromatic heterocycles. The quantitative estimate of drug-likeness (QED) is 0.892. The van der Waals surface area contributed by atoms with Crippen LogP contribution in [0.5, 0.6) is 0 Å². The summed E-state index contributed by atoms with van der Waals surface area (Å²) in [5.41, 5.74) is 0.648. The molecule has 2 atom stereocenters. The maximum atomic E-state index is 10.9. The van der Waals surface area contributed by atoms with Crippen LogP contribution in [-0.2, 0) is 24.0 Å². The summed E-state index contributed by atoms with van der Waals surface area (Å²) in [6.45, 7) is 3.17. The second-order valence-corrected chi connectivity index (χ2v) is 6.40. The second-order valence-electron chi connectivity index (χ2n) is 4.77. The molecule has 0 saturated carbocycles. The highest BCUT2D eigenvalue weighted by molar-refractivity contribution is 7.84. The molecule has 0 aromatic carbocycles. The van der Waals surface area contributed by atoms with Gasteiger partial charge in [0.2, 0.25) is 0 Å². The van der Waals surface area contributed by atoms with Crippen molar-refractivity contribution in [3.05, 3.63) is 29.0 Å². The van der Waals surface area contributed by atoms with E-state index in [1.165, 1.54) is 6.20 Å². The van der Waals surface area contributed by atoms with Gasteiger partial charge in [-0.05, 0) is 19.9 Å². The summed E-state index contributed by atoms with van der Waals surface area (Å²) < 4.78 is 37.7. The Hall–Kier alpha value is -0.770. The maximum Gasteiger partial charge on any atom is 0.333 e. The molecule has 0 aliphatic carbocycles. The third-order valence-corrected chi connectivity index (χ3v) is 3.47. The van der Waals surface area contributed by atoms with Crippen LogP contribution in [0, 0.1) is 0 Å². The van der Waals surface area contributed by atoms with Gasteiger partial charge in [-0.1, -0.05) is 11.6 Å². The molecule has 2 unspecified atom stereocenters. The number of rotatable bonds is 4. The summed E-state index contributed by atoms with van der Waals surface area (Å²) in [5, 5.41) is 5.21. The van der Waals surface area contributed by atoms with Crippen LogP contribution in [0.4, 0.5) is 0 Å². The highest BCUT2D eigenvalue weighted by Crippen LogP contribution is 2.40. The number of hydrogen-bond donors (Lipinski definition) is 1. The minimum atomic E-state index is -4.05. The summed E-state index contributed by atoms with van der Waals surface area (Å²) in [6.07, 6.45) is 1.82. The van der Waals surface area contributed by atoms with E-state index in [4.69, 9.17) is 26.2 Å². The van der Waals surface area contributed by atoms with E-state index in [1.807, 2.05) is 0 Å². The monoisotopic (exact) mass is 322 g/mol. The average molecular weight is 323 g/mol. The number of aromatic nitrogens is 1. The van der Waals surface area contributed by atoms with Crippen LogP contribution in [0.2, 0.25) is 5.02 Å². The van der Waals surface area contributed by atoms with Crippen LogP contribution in [0.25, 0.3) is 0 Å². The van der Waals surface area contributed by atoms with Crippen molar-refractivity contribution in [3.63, 3.8) is 0 Å². The van der Waals surface area contributed by atoms with Crippen molar-refractivity contribution >= 4 is 21.9 Å². The highest BCUT2D eigenvalue weighted by Gasteiger charge is 2.43. The first-order valence-corrected chi connectivity index (χ1v) is 7.65. The van der Waals surface area contributed by atoms with Gasteiger partial charge in [0, 0.05) is 18.0 Å². The predicted molar refractivity (Wildman–Crippen MR) is 71.1 cm³/mol. The molecule has 2 rings (SSSR count). The molecule has 0 spiro atoms. The van der Waals surface area contributed by atoms with Gasteiger partial charge >= 0.3 is 10.3 Å². The lowest BCUT2D eigenvalue weighted by Gasteiger charge is -2.17. The third-order valence-electron chi connectivity index (χ3n) is 2.69. The van der Waals surface area contributed by atoms with E-state index in [0.29, 0.717) is 10.6 Å². The van der Waals surface area contributed by atoms with Crippen molar-refractivity contribution in [2.75, 3.05) is 6.61 Å². The molecular weight excluding hydrogens is 308 g/mol. The van der Waals surface area contributed by atoms with Gasteiger partial charge in [0.25, 0.3) is 0 Å². The molecular formula is C11H15ClN2O5S. The van der Waals surface area contributed by atoms with Gasteiger partial charge in [-0.15, -0.1) is 0 Å². The van der Waals surface area contributed by atoms with Gasteiger partial charge in [0.05, 0.1) is 11.6 Å². The van der Waals surface area contributed by atoms with Crippen molar-refractivity contribution in [1.29, 1.82) is 0 Å². The van der Waals surface area contributed by atoms with E-state index in [1.54, 1.807) is 26.1 Å². The first kappa shape index (κ1) is 15.6. The fourth-order valence-electron chi connectivity index (χ4n) is 2.00. The molecule has 112 valence electrons. The summed E-state index contributed by atoms with van der Waals surface area (Å²) >= 11 is 6.07. The topological polar surface area (TPSA) is 101 Å². The summed E-state index contributed by atoms with van der Waals surface area (Å²) in [5.74, 6) is -0.885. The lowest BCUT2D eigenvalue weighted by Crippen LogP contribution is -2.28. The Morgan fingerprint density at radius 2 is 2.20 bits per heavy atom. The Kier molecular flexibility index (Phi) is 4.33. The van der Waals surface area contributed by atoms with E-state index >= 15 is 0 Å². The molecule has 0 amide bonds. The zero-order chi connectivity index (χ0) is 15.0. The molecule has 20 heavy (non-hydrogen) atoms. The largest absolute Gasteiger partial charge is 0.342 e. The molecule has 2 heterocycles. The molecule has 1 aromatic rings. The van der Waals surface area contributed by atoms with Crippen molar-refractivity contribution < 1.29 is 22.1 Å². The number of nitrogens with two attached hydrogens (primary N) is 1. The molecule has 2 N–H and O–H groups in total. The van der Waals surface area contributed by atoms with Crippen LogP contribution in [0.3, 0.4) is 0 Å². The lowest BCUT2D eigenvalue weighted by molar-refractivity contribution is -0.148. The SMILES string of the molecule is CC1(C)OC(COS(N)(=O)=O)C(c2ccncc2Cl)O1. The second kappa shape index (κ2) is 5.55. The summed E-state index contributed by atoms with van der Waals surface area (Å²) in [4.78, 5) is 3.89. The van der Waals surface area contributed by atoms with Gasteiger partial charge in [-0.25, -0.2) is 5.14 Å². The van der Waals surface area contributed by atoms with Crippen LogP contribution >= 0.6 is 11.6 Å². The summed E-state index contributed by atoms with van der Waals surface area (Å²) in [6, 6.07) is 1.68. The fraction of sp³-hybridized carbons (Fsp3) is 0.545. The number of halogens is 1. The zero-order valence-electron chi connectivity index (χ0n) is 10.9. The molecule has 1 saturated heterocycles. The van der Waals surface area contributed by atoms with E-state index in [0.717, 1.165) is 0 Å². The Balaban J connectivity index is 2.23. The van der Waals surface area contributed by atoms with Gasteiger partial charge in [0.15, 0.2) is 5.79 Å². The first-order chi connectivity index (χ1) is 9.18. The maximum absolute atomic E-state index is 10.9. The van der Waals surface area contributed by atoms with E-state index in [9.17, 15) is 8.42 Å². The van der Waals surface area contributed by atoms with E-state index < -0.39 is 28.3 Å². The standard InChI is InChI=1S/C11H15ClN2O5S/c1-11(2)18-9(6-17-20(13,15)16)10(19-11)7-3-4-14-5-8(7)12/h3-5,9-10H,6H2,1-2H3,(H2,13,15,16). The molecule has 0 bridgehead atoms. The van der Waals surface area contributed by atoms with E-state index in [2.05, 4.69) is 9.17 Å². The highest BCUT2D eigenvalue weighted by atomic mass is 35.5. The van der Waals surface area contributed by atoms with Gasteiger partial charge < -0.3 is 9.47 Å². The number of pyridine rings is 1. The number of ether oxygens (including phenoxy) is 2. The molecule has 1 aliphatic rings. The van der Waals surface area contributed by atoms with Crippen molar-refractivity contribution in [2.24, 2.45) is 5.14 Å². The molecule has 1 fully saturated rings. The van der Waals surface area contributed by atoms with Gasteiger partial charge in [-0.2, -0.15) is 8.42 Å². The van der Waals surface area contributed by atoms with Crippen molar-refractivity contribution in [3.8, 4) is 0 Å². The van der Waals surface area contributed by atoms with E-state index in [-0.39, 0.29) is 6.61 Å². The minimum absolute atomic E-state index is 0.258. The number of nitrogens with zero attached hydrogens (tertiary/aromatic N) is 1. The Labute approximate surface area is 122 Å². The molecule has 7 nitrogen and oxygen atoms in total.